The smallest absolute Gasteiger partial charge is 0.253 e. The van der Waals surface area contributed by atoms with Gasteiger partial charge in [0.2, 0.25) is 0 Å². The third kappa shape index (κ3) is 3.62. The summed E-state index contributed by atoms with van der Waals surface area (Å²) in [5.74, 6) is -0.0323. The largest absolute Gasteiger partial charge is 0.350 e. The lowest BCUT2D eigenvalue weighted by Crippen LogP contribution is -2.44. The monoisotopic (exact) mass is 329 g/mol. The molecule has 4 nitrogen and oxygen atoms in total. The highest BCUT2D eigenvalue weighted by atomic mass is 32.1. The van der Waals surface area contributed by atoms with Gasteiger partial charge < -0.3 is 5.32 Å². The molecule has 0 fully saturated rings. The van der Waals surface area contributed by atoms with E-state index < -0.39 is 0 Å². The van der Waals surface area contributed by atoms with Crippen molar-refractivity contribution >= 4 is 17.2 Å². The molecule has 1 amide bonds. The van der Waals surface area contributed by atoms with Gasteiger partial charge in [-0.05, 0) is 56.3 Å². The molecule has 5 heteroatoms. The van der Waals surface area contributed by atoms with Gasteiger partial charge >= 0.3 is 0 Å². The number of nitrogens with one attached hydrogen (secondary N) is 1. The fourth-order valence-electron chi connectivity index (χ4n) is 3.04. The summed E-state index contributed by atoms with van der Waals surface area (Å²) < 4.78 is 0. The summed E-state index contributed by atoms with van der Waals surface area (Å²) in [4.78, 5) is 20.7. The first-order valence-electron chi connectivity index (χ1n) is 8.06. The Bertz CT molecular complexity index is 710. The Kier molecular flexibility index (Phi) is 4.78. The van der Waals surface area contributed by atoms with Crippen molar-refractivity contribution in [2.75, 3.05) is 13.1 Å². The molecule has 0 unspecified atom stereocenters. The molecule has 0 saturated heterocycles. The molecule has 0 radical (unpaired) electrons. The zero-order valence-electron chi connectivity index (χ0n) is 13.9. The predicted octanol–water partition coefficient (Wildman–Crippen LogP) is 2.94. The number of amides is 1. The Morgan fingerprint density at radius 1 is 1.39 bits per heavy atom. The number of fused-ring (bicyclic) bond motifs is 1. The highest BCUT2D eigenvalue weighted by Gasteiger charge is 2.22. The Morgan fingerprint density at radius 3 is 3.00 bits per heavy atom. The van der Waals surface area contributed by atoms with Gasteiger partial charge in [0, 0.05) is 36.2 Å². The Hall–Kier alpha value is -1.72. The van der Waals surface area contributed by atoms with Gasteiger partial charge in [-0.25, -0.2) is 0 Å². The SMILES string of the molecule is Cc1ccc(C(=O)NC[C@H](C)N2CCc3sccc3C2)c(C)n1. The van der Waals surface area contributed by atoms with Crippen molar-refractivity contribution in [2.24, 2.45) is 0 Å². The molecule has 0 aliphatic carbocycles. The van der Waals surface area contributed by atoms with Gasteiger partial charge in [-0.3, -0.25) is 14.7 Å². The molecular formula is C18H23N3OS. The van der Waals surface area contributed by atoms with Crippen molar-refractivity contribution in [3.05, 3.63) is 51.0 Å². The predicted molar refractivity (Wildman–Crippen MR) is 93.9 cm³/mol. The molecule has 0 bridgehead atoms. The number of hydrogen-bond acceptors (Lipinski definition) is 4. The minimum atomic E-state index is -0.0323. The number of thiophene rings is 1. The van der Waals surface area contributed by atoms with Crippen LogP contribution in [0, 0.1) is 13.8 Å². The number of aromatic nitrogens is 1. The highest BCUT2D eigenvalue weighted by Crippen LogP contribution is 2.25. The van der Waals surface area contributed by atoms with Crippen LogP contribution in [-0.4, -0.2) is 34.9 Å². The number of nitrogens with zero attached hydrogens (tertiary/aromatic N) is 2. The average molecular weight is 329 g/mol. The second-order valence-electron chi connectivity index (χ2n) is 6.23. The van der Waals surface area contributed by atoms with E-state index in [1.54, 1.807) is 0 Å². The second-order valence-corrected chi connectivity index (χ2v) is 7.23. The Balaban J connectivity index is 1.57. The van der Waals surface area contributed by atoms with E-state index in [1.807, 2.05) is 37.3 Å². The van der Waals surface area contributed by atoms with E-state index in [4.69, 9.17) is 0 Å². The quantitative estimate of drug-likeness (QED) is 0.938. The molecule has 1 atom stereocenters. The van der Waals surface area contributed by atoms with Crippen molar-refractivity contribution < 1.29 is 4.79 Å². The average Bonchev–Trinajstić information content (AvgIpc) is 2.99. The minimum absolute atomic E-state index is 0.0323. The van der Waals surface area contributed by atoms with Crippen LogP contribution in [0.3, 0.4) is 0 Å². The molecule has 0 aromatic carbocycles. The molecule has 2 aromatic rings. The maximum absolute atomic E-state index is 12.4. The van der Waals surface area contributed by atoms with E-state index in [2.05, 4.69) is 33.6 Å². The summed E-state index contributed by atoms with van der Waals surface area (Å²) >= 11 is 1.85. The molecule has 0 saturated carbocycles. The van der Waals surface area contributed by atoms with E-state index in [0.717, 1.165) is 30.9 Å². The number of pyridine rings is 1. The molecule has 1 aliphatic heterocycles. The van der Waals surface area contributed by atoms with Crippen LogP contribution in [-0.2, 0) is 13.0 Å². The van der Waals surface area contributed by atoms with E-state index in [9.17, 15) is 4.79 Å². The first-order valence-corrected chi connectivity index (χ1v) is 8.94. The molecule has 1 N–H and O–H groups in total. The topological polar surface area (TPSA) is 45.2 Å². The lowest BCUT2D eigenvalue weighted by Gasteiger charge is -2.32. The van der Waals surface area contributed by atoms with Crippen LogP contribution in [0.15, 0.2) is 23.6 Å². The number of carbonyl (C=O) groups excluding carboxylic acids is 1. The maximum atomic E-state index is 12.4. The van der Waals surface area contributed by atoms with Crippen LogP contribution < -0.4 is 5.32 Å². The lowest BCUT2D eigenvalue weighted by atomic mass is 10.1. The van der Waals surface area contributed by atoms with Gasteiger partial charge in [0.15, 0.2) is 0 Å². The first-order chi connectivity index (χ1) is 11.0. The fraction of sp³-hybridized carbons (Fsp3) is 0.444. The number of aryl methyl sites for hydroxylation is 2. The fourth-order valence-corrected chi connectivity index (χ4v) is 3.93. The van der Waals surface area contributed by atoms with Crippen LogP contribution in [0.25, 0.3) is 0 Å². The summed E-state index contributed by atoms with van der Waals surface area (Å²) in [6, 6.07) is 6.29. The van der Waals surface area contributed by atoms with Crippen molar-refractivity contribution in [2.45, 2.75) is 39.8 Å². The Morgan fingerprint density at radius 2 is 2.22 bits per heavy atom. The van der Waals surface area contributed by atoms with Crippen molar-refractivity contribution in [1.29, 1.82) is 0 Å². The number of hydrogen-bond donors (Lipinski definition) is 1. The van der Waals surface area contributed by atoms with Crippen LogP contribution in [0.4, 0.5) is 0 Å². The molecule has 122 valence electrons. The van der Waals surface area contributed by atoms with Crippen molar-refractivity contribution in [3.63, 3.8) is 0 Å². The van der Waals surface area contributed by atoms with Crippen LogP contribution in [0.1, 0.15) is 39.1 Å². The molecule has 3 heterocycles. The second kappa shape index (κ2) is 6.81. The normalized spacial score (nSPS) is 16.0. The molecule has 2 aromatic heterocycles. The van der Waals surface area contributed by atoms with Gasteiger partial charge in [0.25, 0.3) is 5.91 Å². The molecule has 1 aliphatic rings. The highest BCUT2D eigenvalue weighted by molar-refractivity contribution is 7.10. The van der Waals surface area contributed by atoms with E-state index in [0.29, 0.717) is 18.2 Å². The molecule has 0 spiro atoms. The standard InChI is InChI=1S/C18H23N3OS/c1-12-4-5-16(14(3)20-12)18(22)19-10-13(2)21-8-6-17-15(11-21)7-9-23-17/h4-5,7,9,13H,6,8,10-11H2,1-3H3,(H,19,22)/t13-/m0/s1. The zero-order chi connectivity index (χ0) is 16.4. The Labute approximate surface area is 141 Å². The van der Waals surface area contributed by atoms with Crippen molar-refractivity contribution in [1.82, 2.24) is 15.2 Å². The zero-order valence-corrected chi connectivity index (χ0v) is 14.7. The van der Waals surface area contributed by atoms with Crippen LogP contribution >= 0.6 is 11.3 Å². The van der Waals surface area contributed by atoms with Crippen molar-refractivity contribution in [3.8, 4) is 0 Å². The van der Waals surface area contributed by atoms with Gasteiger partial charge in [-0.1, -0.05) is 0 Å². The molecule has 23 heavy (non-hydrogen) atoms. The van der Waals surface area contributed by atoms with Gasteiger partial charge in [-0.2, -0.15) is 0 Å². The van der Waals surface area contributed by atoms with Crippen LogP contribution in [0.2, 0.25) is 0 Å². The number of carbonyl (C=O) groups is 1. The van der Waals surface area contributed by atoms with Gasteiger partial charge in [0.1, 0.15) is 0 Å². The summed E-state index contributed by atoms with van der Waals surface area (Å²) in [6.07, 6.45) is 1.12. The maximum Gasteiger partial charge on any atom is 0.253 e. The summed E-state index contributed by atoms with van der Waals surface area (Å²) in [6.45, 7) is 8.71. The third-order valence-corrected chi connectivity index (χ3v) is 5.51. The van der Waals surface area contributed by atoms with E-state index in [-0.39, 0.29) is 5.91 Å². The summed E-state index contributed by atoms with van der Waals surface area (Å²) in [5, 5.41) is 5.23. The first kappa shape index (κ1) is 16.1. The lowest BCUT2D eigenvalue weighted by molar-refractivity contribution is 0.0931. The minimum Gasteiger partial charge on any atom is -0.350 e. The van der Waals surface area contributed by atoms with Crippen LogP contribution in [0.5, 0.6) is 0 Å². The summed E-state index contributed by atoms with van der Waals surface area (Å²) in [5.41, 5.74) is 3.84. The van der Waals surface area contributed by atoms with Gasteiger partial charge in [-0.15, -0.1) is 11.3 Å². The van der Waals surface area contributed by atoms with E-state index in [1.165, 1.54) is 10.4 Å². The molecule has 3 rings (SSSR count). The van der Waals surface area contributed by atoms with Gasteiger partial charge in [0.05, 0.1) is 11.3 Å². The third-order valence-electron chi connectivity index (χ3n) is 4.49. The van der Waals surface area contributed by atoms with E-state index >= 15 is 0 Å². The summed E-state index contributed by atoms with van der Waals surface area (Å²) in [7, 11) is 0. The number of rotatable bonds is 4. The molecular weight excluding hydrogens is 306 g/mol.